The van der Waals surface area contributed by atoms with Crippen LogP contribution in [0.25, 0.3) is 0 Å². The van der Waals surface area contributed by atoms with Crippen molar-refractivity contribution >= 4 is 5.69 Å². The van der Waals surface area contributed by atoms with Crippen LogP contribution < -0.4 is 5.73 Å². The van der Waals surface area contributed by atoms with Gasteiger partial charge in [0.25, 0.3) is 0 Å². The quantitative estimate of drug-likeness (QED) is 0.558. The summed E-state index contributed by atoms with van der Waals surface area (Å²) in [5, 5.41) is 30.1. The number of aliphatic hydroxyl groups excluding tert-OH is 1. The lowest BCUT2D eigenvalue weighted by molar-refractivity contribution is -0.386. The van der Waals surface area contributed by atoms with Gasteiger partial charge < -0.3 is 15.9 Å². The van der Waals surface area contributed by atoms with Crippen LogP contribution in [0, 0.1) is 22.5 Å². The molecular formula is C12H18N2O4. The third kappa shape index (κ3) is 2.44. The Balaban J connectivity index is 3.36. The second kappa shape index (κ2) is 4.91. The first-order valence-corrected chi connectivity index (χ1v) is 5.55. The van der Waals surface area contributed by atoms with Crippen LogP contribution in [0.4, 0.5) is 5.69 Å². The molecule has 1 rings (SSSR count). The third-order valence-electron chi connectivity index (χ3n) is 3.15. The zero-order chi connectivity index (χ0) is 14.1. The van der Waals surface area contributed by atoms with Crippen molar-refractivity contribution in [2.45, 2.75) is 26.8 Å². The second-order valence-electron chi connectivity index (χ2n) is 5.05. The SMILES string of the molecule is Cc1ccc([C@H](N)C(C)(C)CO)c(O)c1[N+](=O)[O-]. The smallest absolute Gasteiger partial charge is 0.313 e. The average molecular weight is 254 g/mol. The number of aliphatic hydroxyl groups is 1. The molecule has 0 heterocycles. The maximum absolute atomic E-state index is 10.9. The molecule has 6 heteroatoms. The Hall–Kier alpha value is -1.66. The summed E-state index contributed by atoms with van der Waals surface area (Å²) < 4.78 is 0. The summed E-state index contributed by atoms with van der Waals surface area (Å²) >= 11 is 0. The molecule has 1 aromatic carbocycles. The van der Waals surface area contributed by atoms with E-state index in [0.29, 0.717) is 5.56 Å². The van der Waals surface area contributed by atoms with Crippen LogP contribution in [-0.2, 0) is 0 Å². The Labute approximate surface area is 105 Å². The van der Waals surface area contributed by atoms with Crippen LogP contribution in [0.1, 0.15) is 31.0 Å². The Morgan fingerprint density at radius 1 is 1.50 bits per heavy atom. The summed E-state index contributed by atoms with van der Waals surface area (Å²) in [7, 11) is 0. The first-order chi connectivity index (χ1) is 8.22. The van der Waals surface area contributed by atoms with Crippen molar-refractivity contribution in [1.82, 2.24) is 0 Å². The molecular weight excluding hydrogens is 236 g/mol. The van der Waals surface area contributed by atoms with Crippen molar-refractivity contribution in [1.29, 1.82) is 0 Å². The molecule has 0 unspecified atom stereocenters. The predicted molar refractivity (Wildman–Crippen MR) is 67.3 cm³/mol. The number of phenolic OH excluding ortho intramolecular Hbond substituents is 1. The zero-order valence-electron chi connectivity index (χ0n) is 10.7. The lowest BCUT2D eigenvalue weighted by Gasteiger charge is -2.30. The van der Waals surface area contributed by atoms with Crippen LogP contribution in [-0.4, -0.2) is 21.7 Å². The van der Waals surface area contributed by atoms with Gasteiger partial charge in [0.15, 0.2) is 5.75 Å². The van der Waals surface area contributed by atoms with Gasteiger partial charge in [-0.3, -0.25) is 10.1 Å². The molecule has 0 spiro atoms. The molecule has 0 aromatic heterocycles. The normalized spacial score (nSPS) is 13.4. The average Bonchev–Trinajstić information content (AvgIpc) is 2.28. The number of hydrogen-bond acceptors (Lipinski definition) is 5. The van der Waals surface area contributed by atoms with Gasteiger partial charge in [-0.25, -0.2) is 0 Å². The molecule has 0 saturated heterocycles. The minimum Gasteiger partial charge on any atom is -0.502 e. The van der Waals surface area contributed by atoms with E-state index < -0.39 is 22.1 Å². The molecule has 1 aromatic rings. The van der Waals surface area contributed by atoms with E-state index in [4.69, 9.17) is 5.73 Å². The molecule has 0 saturated carbocycles. The fraction of sp³-hybridized carbons (Fsp3) is 0.500. The molecule has 0 amide bonds. The van der Waals surface area contributed by atoms with E-state index in [9.17, 15) is 20.3 Å². The molecule has 100 valence electrons. The molecule has 0 bridgehead atoms. The maximum Gasteiger partial charge on any atom is 0.313 e. The number of benzene rings is 1. The number of nitrogens with zero attached hydrogens (tertiary/aromatic N) is 1. The highest BCUT2D eigenvalue weighted by Crippen LogP contribution is 2.40. The van der Waals surface area contributed by atoms with Crippen molar-refractivity contribution in [3.05, 3.63) is 33.4 Å². The van der Waals surface area contributed by atoms with Gasteiger partial charge in [-0.2, -0.15) is 0 Å². The highest BCUT2D eigenvalue weighted by atomic mass is 16.6. The molecule has 0 radical (unpaired) electrons. The Kier molecular flexibility index (Phi) is 3.93. The monoisotopic (exact) mass is 254 g/mol. The largest absolute Gasteiger partial charge is 0.502 e. The highest BCUT2D eigenvalue weighted by Gasteiger charge is 2.32. The molecule has 1 atom stereocenters. The van der Waals surface area contributed by atoms with Gasteiger partial charge in [0, 0.05) is 29.2 Å². The first-order valence-electron chi connectivity index (χ1n) is 5.55. The molecule has 6 nitrogen and oxygen atoms in total. The lowest BCUT2D eigenvalue weighted by Crippen LogP contribution is -2.32. The van der Waals surface area contributed by atoms with E-state index in [1.807, 2.05) is 0 Å². The summed E-state index contributed by atoms with van der Waals surface area (Å²) in [4.78, 5) is 10.3. The van der Waals surface area contributed by atoms with Gasteiger partial charge in [0.1, 0.15) is 0 Å². The minimum atomic E-state index is -0.693. The standard InChI is InChI=1S/C12H18N2O4/c1-7-4-5-8(10(16)9(7)14(17)18)11(13)12(2,3)6-15/h4-5,11,15-16H,6,13H2,1-3H3/t11-/m0/s1. The van der Waals surface area contributed by atoms with Crippen molar-refractivity contribution < 1.29 is 15.1 Å². The highest BCUT2D eigenvalue weighted by molar-refractivity contribution is 5.57. The fourth-order valence-electron chi connectivity index (χ4n) is 1.70. The number of rotatable bonds is 4. The van der Waals surface area contributed by atoms with Gasteiger partial charge in [-0.1, -0.05) is 26.0 Å². The van der Waals surface area contributed by atoms with Crippen LogP contribution in [0.3, 0.4) is 0 Å². The zero-order valence-corrected chi connectivity index (χ0v) is 10.7. The number of phenols is 1. The van der Waals surface area contributed by atoms with E-state index >= 15 is 0 Å². The number of nitro benzene ring substituents is 1. The van der Waals surface area contributed by atoms with Gasteiger partial charge in [0.05, 0.1) is 4.92 Å². The van der Waals surface area contributed by atoms with Crippen molar-refractivity contribution in [2.24, 2.45) is 11.1 Å². The number of aromatic hydroxyl groups is 1. The Morgan fingerprint density at radius 3 is 2.50 bits per heavy atom. The van der Waals surface area contributed by atoms with Crippen LogP contribution in [0.15, 0.2) is 12.1 Å². The number of nitro groups is 1. The molecule has 4 N–H and O–H groups in total. The third-order valence-corrected chi connectivity index (χ3v) is 3.15. The van der Waals surface area contributed by atoms with Crippen LogP contribution in [0.5, 0.6) is 5.75 Å². The molecule has 0 aliphatic heterocycles. The van der Waals surface area contributed by atoms with Crippen molar-refractivity contribution in [3.63, 3.8) is 0 Å². The van der Waals surface area contributed by atoms with E-state index in [-0.39, 0.29) is 17.9 Å². The topological polar surface area (TPSA) is 110 Å². The van der Waals surface area contributed by atoms with Gasteiger partial charge in [-0.05, 0) is 6.92 Å². The van der Waals surface area contributed by atoms with Gasteiger partial charge >= 0.3 is 5.69 Å². The summed E-state index contributed by atoms with van der Waals surface area (Å²) in [6.45, 7) is 4.81. The Bertz CT molecular complexity index is 471. The van der Waals surface area contributed by atoms with E-state index in [1.54, 1.807) is 32.9 Å². The van der Waals surface area contributed by atoms with E-state index in [1.165, 1.54) is 0 Å². The number of hydrogen-bond donors (Lipinski definition) is 3. The summed E-state index contributed by atoms with van der Waals surface area (Å²) in [6, 6.07) is 2.40. The molecule has 18 heavy (non-hydrogen) atoms. The maximum atomic E-state index is 10.9. The predicted octanol–water partition coefficient (Wildman–Crippen LogP) is 1.63. The molecule has 0 fully saturated rings. The number of nitrogens with two attached hydrogens (primary N) is 1. The summed E-state index contributed by atoms with van der Waals surface area (Å²) in [6.07, 6.45) is 0. The van der Waals surface area contributed by atoms with Crippen molar-refractivity contribution in [2.75, 3.05) is 6.61 Å². The van der Waals surface area contributed by atoms with Crippen molar-refractivity contribution in [3.8, 4) is 5.75 Å². The van der Waals surface area contributed by atoms with Gasteiger partial charge in [-0.15, -0.1) is 0 Å². The van der Waals surface area contributed by atoms with Crippen LogP contribution >= 0.6 is 0 Å². The molecule has 0 aliphatic rings. The summed E-state index contributed by atoms with van der Waals surface area (Å²) in [5.74, 6) is -0.422. The van der Waals surface area contributed by atoms with E-state index in [2.05, 4.69) is 0 Å². The van der Waals surface area contributed by atoms with Gasteiger partial charge in [0.2, 0.25) is 0 Å². The van der Waals surface area contributed by atoms with E-state index in [0.717, 1.165) is 0 Å². The molecule has 0 aliphatic carbocycles. The minimum absolute atomic E-state index is 0.185. The lowest BCUT2D eigenvalue weighted by atomic mass is 9.81. The first kappa shape index (κ1) is 14.4. The second-order valence-corrected chi connectivity index (χ2v) is 5.05. The number of aryl methyl sites for hydroxylation is 1. The van der Waals surface area contributed by atoms with Crippen LogP contribution in [0.2, 0.25) is 0 Å². The Morgan fingerprint density at radius 2 is 2.06 bits per heavy atom. The fourth-order valence-corrected chi connectivity index (χ4v) is 1.70. The summed E-state index contributed by atoms with van der Waals surface area (Å²) in [5.41, 5.74) is 5.58.